The number of rotatable bonds is 3. The van der Waals surface area contributed by atoms with E-state index in [9.17, 15) is 9.59 Å². The van der Waals surface area contributed by atoms with Gasteiger partial charge in [-0.1, -0.05) is 19.1 Å². The monoisotopic (exact) mass is 192 g/mol. The molecule has 0 saturated heterocycles. The van der Waals surface area contributed by atoms with Crippen LogP contribution in [0.1, 0.15) is 33.2 Å². The van der Waals surface area contributed by atoms with Gasteiger partial charge in [0.1, 0.15) is 0 Å². The van der Waals surface area contributed by atoms with Crippen LogP contribution < -0.4 is 11.5 Å². The molecule has 1 rings (SSSR count). The van der Waals surface area contributed by atoms with E-state index >= 15 is 0 Å². The highest BCUT2D eigenvalue weighted by Gasteiger charge is 2.15. The van der Waals surface area contributed by atoms with Gasteiger partial charge in [-0.05, 0) is 18.1 Å². The molecule has 1 aromatic carbocycles. The molecule has 4 nitrogen and oxygen atoms in total. The largest absolute Gasteiger partial charge is 0.366 e. The molecule has 0 aliphatic carbocycles. The highest BCUT2D eigenvalue weighted by Crippen LogP contribution is 2.14. The van der Waals surface area contributed by atoms with Crippen molar-refractivity contribution >= 4 is 11.8 Å². The van der Waals surface area contributed by atoms with Gasteiger partial charge in [0.05, 0.1) is 11.1 Å². The predicted octanol–water partition coefficient (Wildman–Crippen LogP) is 0.447. The molecule has 0 spiro atoms. The molecular formula is C10H12N2O2. The van der Waals surface area contributed by atoms with Gasteiger partial charge < -0.3 is 11.5 Å². The summed E-state index contributed by atoms with van der Waals surface area (Å²) in [6.45, 7) is 1.88. The Hall–Kier alpha value is -1.84. The van der Waals surface area contributed by atoms with Crippen LogP contribution in [0, 0.1) is 0 Å². The molecule has 0 aromatic heterocycles. The minimum atomic E-state index is -0.630. The Morgan fingerprint density at radius 1 is 1.21 bits per heavy atom. The van der Waals surface area contributed by atoms with Crippen LogP contribution in [-0.2, 0) is 6.42 Å². The van der Waals surface area contributed by atoms with Gasteiger partial charge >= 0.3 is 0 Å². The van der Waals surface area contributed by atoms with Crippen LogP contribution in [-0.4, -0.2) is 11.8 Å². The lowest BCUT2D eigenvalue weighted by Gasteiger charge is -2.07. The SMILES string of the molecule is CCc1cccc(C(N)=O)c1C(N)=O. The molecule has 0 atom stereocenters. The lowest BCUT2D eigenvalue weighted by Crippen LogP contribution is -2.22. The topological polar surface area (TPSA) is 86.2 Å². The fraction of sp³-hybridized carbons (Fsp3) is 0.200. The average Bonchev–Trinajstić information content (AvgIpc) is 2.16. The third-order valence-electron chi connectivity index (χ3n) is 2.04. The van der Waals surface area contributed by atoms with Crippen molar-refractivity contribution in [3.05, 3.63) is 34.9 Å². The maximum atomic E-state index is 11.1. The molecule has 0 heterocycles. The molecule has 14 heavy (non-hydrogen) atoms. The van der Waals surface area contributed by atoms with Gasteiger partial charge in [0.15, 0.2) is 0 Å². The Morgan fingerprint density at radius 3 is 2.29 bits per heavy atom. The molecule has 2 amide bonds. The van der Waals surface area contributed by atoms with Crippen LogP contribution in [0.25, 0.3) is 0 Å². The first-order chi connectivity index (χ1) is 6.57. The summed E-state index contributed by atoms with van der Waals surface area (Å²) in [5.74, 6) is -1.25. The van der Waals surface area contributed by atoms with Crippen LogP contribution in [0.15, 0.2) is 18.2 Å². The summed E-state index contributed by atoms with van der Waals surface area (Å²) in [4.78, 5) is 22.1. The van der Waals surface area contributed by atoms with Crippen molar-refractivity contribution in [2.75, 3.05) is 0 Å². The zero-order valence-electron chi connectivity index (χ0n) is 7.91. The number of primary amides is 2. The van der Waals surface area contributed by atoms with Crippen LogP contribution in [0.4, 0.5) is 0 Å². The second-order valence-electron chi connectivity index (χ2n) is 2.92. The quantitative estimate of drug-likeness (QED) is 0.728. The van der Waals surface area contributed by atoms with Gasteiger partial charge in [-0.2, -0.15) is 0 Å². The van der Waals surface area contributed by atoms with Crippen molar-refractivity contribution in [1.82, 2.24) is 0 Å². The number of hydrogen-bond donors (Lipinski definition) is 2. The molecule has 0 saturated carbocycles. The van der Waals surface area contributed by atoms with Crippen molar-refractivity contribution in [1.29, 1.82) is 0 Å². The van der Waals surface area contributed by atoms with Crippen molar-refractivity contribution < 1.29 is 9.59 Å². The number of aryl methyl sites for hydroxylation is 1. The molecule has 4 heteroatoms. The van der Waals surface area contributed by atoms with Crippen LogP contribution >= 0.6 is 0 Å². The van der Waals surface area contributed by atoms with E-state index in [0.717, 1.165) is 5.56 Å². The Morgan fingerprint density at radius 2 is 1.86 bits per heavy atom. The predicted molar refractivity (Wildman–Crippen MR) is 52.9 cm³/mol. The number of amides is 2. The summed E-state index contributed by atoms with van der Waals surface area (Å²) < 4.78 is 0. The summed E-state index contributed by atoms with van der Waals surface area (Å²) in [5, 5.41) is 0. The Kier molecular flexibility index (Phi) is 2.86. The molecule has 1 aromatic rings. The summed E-state index contributed by atoms with van der Waals surface area (Å²) in [6.07, 6.45) is 0.638. The smallest absolute Gasteiger partial charge is 0.249 e. The van der Waals surface area contributed by atoms with Gasteiger partial charge in [-0.25, -0.2) is 0 Å². The molecule has 4 N–H and O–H groups in total. The number of nitrogens with two attached hydrogens (primary N) is 2. The summed E-state index contributed by atoms with van der Waals surface area (Å²) in [5.41, 5.74) is 11.5. The van der Waals surface area contributed by atoms with Gasteiger partial charge in [0, 0.05) is 0 Å². The molecular weight excluding hydrogens is 180 g/mol. The van der Waals surface area contributed by atoms with E-state index in [-0.39, 0.29) is 11.1 Å². The van der Waals surface area contributed by atoms with E-state index in [0.29, 0.717) is 6.42 Å². The second-order valence-corrected chi connectivity index (χ2v) is 2.92. The highest BCUT2D eigenvalue weighted by atomic mass is 16.2. The third kappa shape index (κ3) is 1.74. The van der Waals surface area contributed by atoms with E-state index in [1.165, 1.54) is 6.07 Å². The first kappa shape index (κ1) is 10.2. The van der Waals surface area contributed by atoms with Crippen molar-refractivity contribution in [3.63, 3.8) is 0 Å². The Labute approximate surface area is 81.9 Å². The van der Waals surface area contributed by atoms with Gasteiger partial charge in [0.2, 0.25) is 11.8 Å². The maximum absolute atomic E-state index is 11.1. The fourth-order valence-electron chi connectivity index (χ4n) is 1.39. The lowest BCUT2D eigenvalue weighted by molar-refractivity contribution is 0.0966. The summed E-state index contributed by atoms with van der Waals surface area (Å²) in [7, 11) is 0. The van der Waals surface area contributed by atoms with Crippen LogP contribution in [0.2, 0.25) is 0 Å². The first-order valence-electron chi connectivity index (χ1n) is 4.29. The molecule has 0 radical (unpaired) electrons. The van der Waals surface area contributed by atoms with E-state index in [2.05, 4.69) is 0 Å². The zero-order valence-corrected chi connectivity index (χ0v) is 7.91. The van der Waals surface area contributed by atoms with E-state index in [4.69, 9.17) is 11.5 Å². The Bertz CT molecular complexity index is 386. The molecule has 0 aliphatic heterocycles. The zero-order chi connectivity index (χ0) is 10.7. The maximum Gasteiger partial charge on any atom is 0.249 e. The number of carbonyl (C=O) groups excluding carboxylic acids is 2. The highest BCUT2D eigenvalue weighted by molar-refractivity contribution is 6.07. The molecule has 0 unspecified atom stereocenters. The Balaban J connectivity index is 3.43. The van der Waals surface area contributed by atoms with Crippen molar-refractivity contribution in [2.24, 2.45) is 11.5 Å². The number of hydrogen-bond acceptors (Lipinski definition) is 2. The lowest BCUT2D eigenvalue weighted by atomic mass is 9.98. The standard InChI is InChI=1S/C10H12N2O2/c1-2-6-4-3-5-7(9(11)13)8(6)10(12)14/h3-5H,2H2,1H3,(H2,11,13)(H2,12,14). The minimum absolute atomic E-state index is 0.192. The first-order valence-corrected chi connectivity index (χ1v) is 4.29. The molecule has 0 aliphatic rings. The van der Waals surface area contributed by atoms with Crippen LogP contribution in [0.5, 0.6) is 0 Å². The van der Waals surface area contributed by atoms with Crippen molar-refractivity contribution in [2.45, 2.75) is 13.3 Å². The third-order valence-corrected chi connectivity index (χ3v) is 2.04. The number of carbonyl (C=O) groups is 2. The van der Waals surface area contributed by atoms with Gasteiger partial charge in [-0.3, -0.25) is 9.59 Å². The van der Waals surface area contributed by atoms with E-state index < -0.39 is 11.8 Å². The van der Waals surface area contributed by atoms with E-state index in [1.54, 1.807) is 12.1 Å². The molecule has 0 fully saturated rings. The van der Waals surface area contributed by atoms with E-state index in [1.807, 2.05) is 6.92 Å². The van der Waals surface area contributed by atoms with Crippen molar-refractivity contribution in [3.8, 4) is 0 Å². The van der Waals surface area contributed by atoms with Crippen LogP contribution in [0.3, 0.4) is 0 Å². The fourth-order valence-corrected chi connectivity index (χ4v) is 1.39. The summed E-state index contributed by atoms with van der Waals surface area (Å²) in [6, 6.07) is 4.94. The molecule has 0 bridgehead atoms. The summed E-state index contributed by atoms with van der Waals surface area (Å²) >= 11 is 0. The second kappa shape index (κ2) is 3.91. The number of benzene rings is 1. The molecule has 74 valence electrons. The average molecular weight is 192 g/mol. The minimum Gasteiger partial charge on any atom is -0.366 e. The van der Waals surface area contributed by atoms with Gasteiger partial charge in [0.25, 0.3) is 0 Å². The normalized spacial score (nSPS) is 9.79. The van der Waals surface area contributed by atoms with Gasteiger partial charge in [-0.15, -0.1) is 0 Å².